The van der Waals surface area contributed by atoms with Crippen molar-refractivity contribution < 1.29 is 14.3 Å². The summed E-state index contributed by atoms with van der Waals surface area (Å²) in [6.07, 6.45) is 0.360. The van der Waals surface area contributed by atoms with Gasteiger partial charge in [-0.1, -0.05) is 0 Å². The molecule has 13 heavy (non-hydrogen) atoms. The van der Waals surface area contributed by atoms with Crippen molar-refractivity contribution in [3.63, 3.8) is 0 Å². The lowest BCUT2D eigenvalue weighted by Gasteiger charge is -2.18. The van der Waals surface area contributed by atoms with Crippen LogP contribution in [0.25, 0.3) is 0 Å². The summed E-state index contributed by atoms with van der Waals surface area (Å²) in [6, 6.07) is 1.94. The number of esters is 1. The quantitative estimate of drug-likeness (QED) is 0.602. The Labute approximate surface area is 78.4 Å². The second-order valence-corrected chi connectivity index (χ2v) is 2.91. The average Bonchev–Trinajstić information content (AvgIpc) is 2.14. The van der Waals surface area contributed by atoms with E-state index in [9.17, 15) is 4.79 Å². The third-order valence-corrected chi connectivity index (χ3v) is 1.78. The highest BCUT2D eigenvalue weighted by Crippen LogP contribution is 2.21. The summed E-state index contributed by atoms with van der Waals surface area (Å²) in [4.78, 5) is 11.3. The van der Waals surface area contributed by atoms with Gasteiger partial charge in [-0.25, -0.2) is 0 Å². The fourth-order valence-corrected chi connectivity index (χ4v) is 0.800. The zero-order valence-electron chi connectivity index (χ0n) is 8.29. The Morgan fingerprint density at radius 2 is 2.23 bits per heavy atom. The van der Waals surface area contributed by atoms with Crippen molar-refractivity contribution in [1.82, 2.24) is 0 Å². The van der Waals surface area contributed by atoms with Crippen LogP contribution in [0.5, 0.6) is 0 Å². The van der Waals surface area contributed by atoms with E-state index in [4.69, 9.17) is 14.7 Å². The molecule has 0 aromatic rings. The maximum Gasteiger partial charge on any atom is 0.326 e. The summed E-state index contributed by atoms with van der Waals surface area (Å²) in [7, 11) is 1.53. The van der Waals surface area contributed by atoms with Crippen LogP contribution in [0.3, 0.4) is 0 Å². The van der Waals surface area contributed by atoms with Crippen LogP contribution in [0.4, 0.5) is 0 Å². The van der Waals surface area contributed by atoms with Gasteiger partial charge in [0.15, 0.2) is 5.41 Å². The molecule has 0 spiro atoms. The van der Waals surface area contributed by atoms with Gasteiger partial charge in [-0.15, -0.1) is 0 Å². The molecule has 0 aromatic carbocycles. The van der Waals surface area contributed by atoms with Crippen LogP contribution in [0.1, 0.15) is 20.3 Å². The monoisotopic (exact) mass is 185 g/mol. The molecule has 0 aliphatic rings. The number of nitrogens with zero attached hydrogens (tertiary/aromatic N) is 1. The second-order valence-electron chi connectivity index (χ2n) is 2.91. The summed E-state index contributed by atoms with van der Waals surface area (Å²) in [5.74, 6) is -0.477. The average molecular weight is 185 g/mol. The Morgan fingerprint density at radius 3 is 2.62 bits per heavy atom. The lowest BCUT2D eigenvalue weighted by molar-refractivity contribution is -0.151. The first-order valence-electron chi connectivity index (χ1n) is 4.18. The van der Waals surface area contributed by atoms with Crippen LogP contribution in [-0.4, -0.2) is 26.3 Å². The van der Waals surface area contributed by atoms with Crippen molar-refractivity contribution in [3.05, 3.63) is 0 Å². The summed E-state index contributed by atoms with van der Waals surface area (Å²) in [5, 5.41) is 8.80. The highest BCUT2D eigenvalue weighted by atomic mass is 16.5. The number of nitriles is 1. The molecule has 0 amide bonds. The topological polar surface area (TPSA) is 59.3 Å². The second kappa shape index (κ2) is 5.55. The molecule has 4 nitrogen and oxygen atoms in total. The minimum atomic E-state index is -1.08. The molecule has 0 aromatic heterocycles. The van der Waals surface area contributed by atoms with Gasteiger partial charge in [0.25, 0.3) is 0 Å². The Kier molecular flexibility index (Phi) is 5.09. The predicted octanol–water partition coefficient (Wildman–Crippen LogP) is 1.12. The summed E-state index contributed by atoms with van der Waals surface area (Å²) in [5.41, 5.74) is -1.08. The molecular formula is C9H15NO3. The molecular weight excluding hydrogens is 170 g/mol. The van der Waals surface area contributed by atoms with Crippen molar-refractivity contribution in [2.45, 2.75) is 20.3 Å². The minimum absolute atomic E-state index is 0.295. The fourth-order valence-electron chi connectivity index (χ4n) is 0.800. The Balaban J connectivity index is 4.27. The summed E-state index contributed by atoms with van der Waals surface area (Å²) in [6.45, 7) is 3.95. The van der Waals surface area contributed by atoms with E-state index in [2.05, 4.69) is 0 Å². The number of hydrogen-bond donors (Lipinski definition) is 0. The van der Waals surface area contributed by atoms with Gasteiger partial charge in [-0.05, 0) is 20.3 Å². The fraction of sp³-hybridized carbons (Fsp3) is 0.778. The molecule has 1 unspecified atom stereocenters. The van der Waals surface area contributed by atoms with Crippen LogP contribution in [0, 0.1) is 16.7 Å². The molecule has 0 radical (unpaired) electrons. The van der Waals surface area contributed by atoms with Gasteiger partial charge in [0.05, 0.1) is 12.7 Å². The standard InChI is InChI=1S/C9H15NO3/c1-4-13-8(11)9(2,7-10)5-6-12-3/h4-6H2,1-3H3. The van der Waals surface area contributed by atoms with E-state index in [0.29, 0.717) is 19.6 Å². The van der Waals surface area contributed by atoms with Crippen LogP contribution >= 0.6 is 0 Å². The number of carbonyl (C=O) groups is 1. The number of hydrogen-bond acceptors (Lipinski definition) is 4. The first-order valence-corrected chi connectivity index (χ1v) is 4.18. The largest absolute Gasteiger partial charge is 0.465 e. The van der Waals surface area contributed by atoms with E-state index < -0.39 is 11.4 Å². The molecule has 0 heterocycles. The highest BCUT2D eigenvalue weighted by molar-refractivity contribution is 5.79. The molecule has 0 rings (SSSR count). The zero-order valence-corrected chi connectivity index (χ0v) is 8.29. The van der Waals surface area contributed by atoms with Crippen LogP contribution in [0.15, 0.2) is 0 Å². The Morgan fingerprint density at radius 1 is 1.62 bits per heavy atom. The molecule has 4 heteroatoms. The van der Waals surface area contributed by atoms with Crippen molar-refractivity contribution >= 4 is 5.97 Å². The van der Waals surface area contributed by atoms with E-state index in [0.717, 1.165) is 0 Å². The van der Waals surface area contributed by atoms with E-state index in [1.165, 1.54) is 7.11 Å². The molecule has 0 aliphatic carbocycles. The molecule has 1 atom stereocenters. The lowest BCUT2D eigenvalue weighted by Crippen LogP contribution is -2.29. The van der Waals surface area contributed by atoms with Gasteiger partial charge in [-0.3, -0.25) is 4.79 Å². The molecule has 0 saturated heterocycles. The summed E-state index contributed by atoms with van der Waals surface area (Å²) >= 11 is 0. The third-order valence-electron chi connectivity index (χ3n) is 1.78. The van der Waals surface area contributed by atoms with Crippen molar-refractivity contribution in [2.24, 2.45) is 5.41 Å². The summed E-state index contributed by atoms with van der Waals surface area (Å²) < 4.78 is 9.59. The zero-order chi connectivity index (χ0) is 10.3. The van der Waals surface area contributed by atoms with Gasteiger partial charge >= 0.3 is 5.97 Å². The van der Waals surface area contributed by atoms with Crippen molar-refractivity contribution in [2.75, 3.05) is 20.3 Å². The maximum atomic E-state index is 11.3. The normalized spacial score (nSPS) is 14.3. The Bertz CT molecular complexity index is 209. The van der Waals surface area contributed by atoms with Crippen LogP contribution in [-0.2, 0) is 14.3 Å². The molecule has 0 fully saturated rings. The molecule has 74 valence electrons. The van der Waals surface area contributed by atoms with E-state index >= 15 is 0 Å². The van der Waals surface area contributed by atoms with Gasteiger partial charge < -0.3 is 9.47 Å². The van der Waals surface area contributed by atoms with Crippen molar-refractivity contribution in [1.29, 1.82) is 5.26 Å². The van der Waals surface area contributed by atoms with Crippen LogP contribution < -0.4 is 0 Å². The molecule has 0 aliphatic heterocycles. The minimum Gasteiger partial charge on any atom is -0.465 e. The predicted molar refractivity (Wildman–Crippen MR) is 46.8 cm³/mol. The van der Waals surface area contributed by atoms with E-state index in [1.807, 2.05) is 6.07 Å². The van der Waals surface area contributed by atoms with E-state index in [1.54, 1.807) is 13.8 Å². The maximum absolute atomic E-state index is 11.3. The number of carbonyl (C=O) groups excluding carboxylic acids is 1. The van der Waals surface area contributed by atoms with E-state index in [-0.39, 0.29) is 0 Å². The first kappa shape index (κ1) is 11.9. The number of rotatable bonds is 5. The molecule has 0 N–H and O–H groups in total. The smallest absolute Gasteiger partial charge is 0.326 e. The number of ether oxygens (including phenoxy) is 2. The SMILES string of the molecule is CCOC(=O)C(C)(C#N)CCOC. The third kappa shape index (κ3) is 3.43. The van der Waals surface area contributed by atoms with Crippen molar-refractivity contribution in [3.8, 4) is 6.07 Å². The Hall–Kier alpha value is -1.08. The van der Waals surface area contributed by atoms with Gasteiger partial charge in [0, 0.05) is 13.7 Å². The highest BCUT2D eigenvalue weighted by Gasteiger charge is 2.34. The van der Waals surface area contributed by atoms with Gasteiger partial charge in [0.2, 0.25) is 0 Å². The lowest BCUT2D eigenvalue weighted by atomic mass is 9.89. The first-order chi connectivity index (χ1) is 6.10. The van der Waals surface area contributed by atoms with Gasteiger partial charge in [0.1, 0.15) is 0 Å². The number of methoxy groups -OCH3 is 1. The molecule has 0 bridgehead atoms. The van der Waals surface area contributed by atoms with Gasteiger partial charge in [-0.2, -0.15) is 5.26 Å². The molecule has 0 saturated carbocycles. The van der Waals surface area contributed by atoms with Crippen LogP contribution in [0.2, 0.25) is 0 Å².